The largest absolute Gasteiger partial charge is 0.438 e. The van der Waals surface area contributed by atoms with Crippen LogP contribution in [0.4, 0.5) is 0 Å². The Morgan fingerprint density at radius 2 is 1.89 bits per heavy atom. The first-order valence-corrected chi connectivity index (χ1v) is 8.07. The number of pyridine rings is 1. The van der Waals surface area contributed by atoms with Crippen LogP contribution in [0.5, 0.6) is 11.6 Å². The van der Waals surface area contributed by atoms with Gasteiger partial charge in [-0.05, 0) is 42.7 Å². The highest BCUT2D eigenvalue weighted by atomic mass is 32.2. The smallest absolute Gasteiger partial charge is 0.243 e. The molecule has 0 aliphatic rings. The fourth-order valence-electron chi connectivity index (χ4n) is 1.42. The quantitative estimate of drug-likeness (QED) is 0.875. The highest BCUT2D eigenvalue weighted by Gasteiger charge is 2.16. The highest BCUT2D eigenvalue weighted by molar-refractivity contribution is 7.98. The molecule has 0 aliphatic carbocycles. The summed E-state index contributed by atoms with van der Waals surface area (Å²) >= 11 is 1.60. The minimum Gasteiger partial charge on any atom is -0.438 e. The van der Waals surface area contributed by atoms with Gasteiger partial charge in [0.05, 0.1) is 0 Å². The monoisotopic (exact) mass is 296 g/mol. The number of nitrogens with two attached hydrogens (primary N) is 1. The molecule has 1 aromatic carbocycles. The highest BCUT2D eigenvalue weighted by Crippen LogP contribution is 2.26. The van der Waals surface area contributed by atoms with E-state index in [-0.39, 0.29) is 10.8 Å². The van der Waals surface area contributed by atoms with Crippen molar-refractivity contribution in [3.8, 4) is 11.6 Å². The van der Waals surface area contributed by atoms with Crippen molar-refractivity contribution < 1.29 is 13.2 Å². The number of hydrogen-bond acceptors (Lipinski definition) is 5. The van der Waals surface area contributed by atoms with E-state index in [0.29, 0.717) is 5.75 Å². The lowest BCUT2D eigenvalue weighted by Gasteiger charge is -2.08. The van der Waals surface area contributed by atoms with E-state index in [9.17, 15) is 8.42 Å². The summed E-state index contributed by atoms with van der Waals surface area (Å²) in [4.78, 5) is 4.84. The number of benzene rings is 1. The van der Waals surface area contributed by atoms with Crippen LogP contribution >= 0.6 is 11.8 Å². The summed E-state index contributed by atoms with van der Waals surface area (Å²) in [5.41, 5.74) is 0. The number of ether oxygens (including phenoxy) is 1. The Bertz CT molecular complexity index is 670. The zero-order chi connectivity index (χ0) is 13.9. The SMILES string of the molecule is CSc1ccc(Oc2ncccc2S(N)(=O)=O)cc1. The van der Waals surface area contributed by atoms with E-state index >= 15 is 0 Å². The van der Waals surface area contributed by atoms with Crippen molar-refractivity contribution in [1.29, 1.82) is 0 Å². The van der Waals surface area contributed by atoms with Gasteiger partial charge in [0.25, 0.3) is 0 Å². The molecule has 19 heavy (non-hydrogen) atoms. The number of sulfonamides is 1. The van der Waals surface area contributed by atoms with Crippen molar-refractivity contribution in [2.24, 2.45) is 5.14 Å². The molecule has 1 heterocycles. The Balaban J connectivity index is 2.33. The van der Waals surface area contributed by atoms with Crippen LogP contribution in [0.3, 0.4) is 0 Å². The maximum Gasteiger partial charge on any atom is 0.243 e. The second-order valence-electron chi connectivity index (χ2n) is 3.63. The van der Waals surface area contributed by atoms with Gasteiger partial charge in [-0.3, -0.25) is 0 Å². The fourth-order valence-corrected chi connectivity index (χ4v) is 2.44. The second-order valence-corrected chi connectivity index (χ2v) is 6.04. The van der Waals surface area contributed by atoms with Gasteiger partial charge in [0.2, 0.25) is 15.9 Å². The first-order chi connectivity index (χ1) is 9.00. The van der Waals surface area contributed by atoms with Crippen molar-refractivity contribution in [3.05, 3.63) is 42.6 Å². The average molecular weight is 296 g/mol. The first kappa shape index (κ1) is 13.9. The lowest BCUT2D eigenvalue weighted by Crippen LogP contribution is -2.13. The summed E-state index contributed by atoms with van der Waals surface area (Å²) in [5.74, 6) is 0.475. The van der Waals surface area contributed by atoms with Gasteiger partial charge in [-0.15, -0.1) is 11.8 Å². The van der Waals surface area contributed by atoms with E-state index in [1.165, 1.54) is 18.3 Å². The van der Waals surface area contributed by atoms with E-state index in [4.69, 9.17) is 9.88 Å². The maximum atomic E-state index is 11.4. The maximum absolute atomic E-state index is 11.4. The summed E-state index contributed by atoms with van der Waals surface area (Å²) < 4.78 is 28.3. The number of primary sulfonamides is 1. The normalized spacial score (nSPS) is 11.3. The summed E-state index contributed by atoms with van der Waals surface area (Å²) in [7, 11) is -3.86. The Morgan fingerprint density at radius 1 is 1.21 bits per heavy atom. The van der Waals surface area contributed by atoms with Gasteiger partial charge in [0, 0.05) is 11.1 Å². The Labute approximate surface area is 115 Å². The van der Waals surface area contributed by atoms with Crippen LogP contribution in [-0.2, 0) is 10.0 Å². The molecule has 0 aliphatic heterocycles. The molecule has 2 N–H and O–H groups in total. The fraction of sp³-hybridized carbons (Fsp3) is 0.0833. The Hall–Kier alpha value is -1.57. The molecular formula is C12H12N2O3S2. The van der Waals surface area contributed by atoms with Crippen LogP contribution in [0.1, 0.15) is 0 Å². The molecular weight excluding hydrogens is 284 g/mol. The molecule has 1 aromatic heterocycles. The van der Waals surface area contributed by atoms with Gasteiger partial charge in [-0.1, -0.05) is 0 Å². The van der Waals surface area contributed by atoms with E-state index in [1.54, 1.807) is 23.9 Å². The number of aromatic nitrogens is 1. The molecule has 100 valence electrons. The minimum absolute atomic E-state index is 0.0260. The number of rotatable bonds is 4. The molecule has 0 spiro atoms. The van der Waals surface area contributed by atoms with Crippen molar-refractivity contribution in [3.63, 3.8) is 0 Å². The third kappa shape index (κ3) is 3.46. The standard InChI is InChI=1S/C12H12N2O3S2/c1-18-10-6-4-9(5-7-10)17-12-11(19(13,15)16)3-2-8-14-12/h2-8H,1H3,(H2,13,15,16). The van der Waals surface area contributed by atoms with Crippen molar-refractivity contribution in [1.82, 2.24) is 4.98 Å². The van der Waals surface area contributed by atoms with Crippen LogP contribution in [0.2, 0.25) is 0 Å². The van der Waals surface area contributed by atoms with Gasteiger partial charge >= 0.3 is 0 Å². The molecule has 2 rings (SSSR count). The molecule has 0 bridgehead atoms. The van der Waals surface area contributed by atoms with Crippen LogP contribution in [-0.4, -0.2) is 19.7 Å². The molecule has 0 unspecified atom stereocenters. The minimum atomic E-state index is -3.86. The zero-order valence-corrected chi connectivity index (χ0v) is 11.7. The molecule has 2 aromatic rings. The van der Waals surface area contributed by atoms with E-state index in [1.807, 2.05) is 18.4 Å². The third-order valence-electron chi connectivity index (χ3n) is 2.32. The molecule has 7 heteroatoms. The predicted octanol–water partition coefficient (Wildman–Crippen LogP) is 2.24. The summed E-state index contributed by atoms with van der Waals surface area (Å²) in [6.45, 7) is 0. The predicted molar refractivity (Wildman–Crippen MR) is 73.9 cm³/mol. The van der Waals surface area contributed by atoms with Crippen molar-refractivity contribution in [2.75, 3.05) is 6.26 Å². The van der Waals surface area contributed by atoms with E-state index in [2.05, 4.69) is 4.98 Å². The topological polar surface area (TPSA) is 82.3 Å². The summed E-state index contributed by atoms with van der Waals surface area (Å²) in [6, 6.07) is 10.1. The van der Waals surface area contributed by atoms with Crippen molar-refractivity contribution in [2.45, 2.75) is 9.79 Å². The van der Waals surface area contributed by atoms with Crippen LogP contribution in [0, 0.1) is 0 Å². The van der Waals surface area contributed by atoms with Crippen molar-refractivity contribution >= 4 is 21.8 Å². The van der Waals surface area contributed by atoms with Gasteiger partial charge in [0.15, 0.2) is 0 Å². The summed E-state index contributed by atoms with van der Waals surface area (Å²) in [6.07, 6.45) is 3.41. The van der Waals surface area contributed by atoms with Gasteiger partial charge < -0.3 is 4.74 Å². The van der Waals surface area contributed by atoms with Crippen LogP contribution in [0.25, 0.3) is 0 Å². The van der Waals surface area contributed by atoms with Gasteiger partial charge in [-0.25, -0.2) is 18.5 Å². The molecule has 0 atom stereocenters. The average Bonchev–Trinajstić information content (AvgIpc) is 2.39. The number of thioether (sulfide) groups is 1. The molecule has 0 saturated heterocycles. The van der Waals surface area contributed by atoms with E-state index in [0.717, 1.165) is 4.90 Å². The molecule has 5 nitrogen and oxygen atoms in total. The molecule has 0 amide bonds. The zero-order valence-electron chi connectivity index (χ0n) is 10.1. The Morgan fingerprint density at radius 3 is 2.47 bits per heavy atom. The second kappa shape index (κ2) is 5.60. The lowest BCUT2D eigenvalue weighted by atomic mass is 10.3. The molecule has 0 fully saturated rings. The number of nitrogens with zero attached hydrogens (tertiary/aromatic N) is 1. The molecule has 0 radical (unpaired) electrons. The summed E-state index contributed by atoms with van der Waals surface area (Å²) in [5, 5.41) is 5.11. The Kier molecular flexibility index (Phi) is 4.08. The number of hydrogen-bond donors (Lipinski definition) is 1. The first-order valence-electron chi connectivity index (χ1n) is 5.30. The third-order valence-corrected chi connectivity index (χ3v) is 3.98. The van der Waals surface area contributed by atoms with Gasteiger partial charge in [-0.2, -0.15) is 0 Å². The lowest BCUT2D eigenvalue weighted by molar-refractivity contribution is 0.447. The molecule has 0 saturated carbocycles. The van der Waals surface area contributed by atoms with Gasteiger partial charge in [0.1, 0.15) is 10.6 Å². The van der Waals surface area contributed by atoms with Crippen LogP contribution < -0.4 is 9.88 Å². The van der Waals surface area contributed by atoms with E-state index < -0.39 is 10.0 Å². The van der Waals surface area contributed by atoms with Crippen LogP contribution in [0.15, 0.2) is 52.4 Å².